The summed E-state index contributed by atoms with van der Waals surface area (Å²) in [4.78, 5) is 21.5. The number of H-pyrrole nitrogens is 1. The van der Waals surface area contributed by atoms with Crippen LogP contribution >= 0.6 is 0 Å². The van der Waals surface area contributed by atoms with Gasteiger partial charge in [-0.25, -0.2) is 18.6 Å². The molecule has 2 atom stereocenters. The van der Waals surface area contributed by atoms with Gasteiger partial charge >= 0.3 is 6.09 Å². The van der Waals surface area contributed by atoms with Gasteiger partial charge in [-0.05, 0) is 74.5 Å². The van der Waals surface area contributed by atoms with E-state index in [-0.39, 0.29) is 23.7 Å². The van der Waals surface area contributed by atoms with Crippen molar-refractivity contribution in [1.82, 2.24) is 24.8 Å². The lowest BCUT2D eigenvalue weighted by Crippen LogP contribution is -2.35. The fourth-order valence-corrected chi connectivity index (χ4v) is 5.78. The zero-order chi connectivity index (χ0) is 24.1. The third-order valence-electron chi connectivity index (χ3n) is 7.43. The number of imidazole rings is 1. The summed E-state index contributed by atoms with van der Waals surface area (Å²) >= 11 is 0. The molecule has 3 N–H and O–H groups in total. The fraction of sp³-hybridized carbons (Fsp3) is 0.385. The second-order valence-corrected chi connectivity index (χ2v) is 9.62. The second-order valence-electron chi connectivity index (χ2n) is 9.62. The maximum Gasteiger partial charge on any atom is 0.407 e. The third-order valence-corrected chi connectivity index (χ3v) is 7.43. The van der Waals surface area contributed by atoms with E-state index < -0.39 is 6.09 Å². The summed E-state index contributed by atoms with van der Waals surface area (Å²) in [5.74, 6) is -0.0453. The maximum atomic E-state index is 14.1. The van der Waals surface area contributed by atoms with Gasteiger partial charge in [-0.3, -0.25) is 0 Å². The Morgan fingerprint density at radius 3 is 2.74 bits per heavy atom. The Bertz CT molecular complexity index is 1420. The van der Waals surface area contributed by atoms with Crippen LogP contribution in [0.5, 0.6) is 0 Å². The number of amides is 1. The van der Waals surface area contributed by atoms with Crippen LogP contribution in [0, 0.1) is 11.6 Å². The Morgan fingerprint density at radius 1 is 1.11 bits per heavy atom. The first kappa shape index (κ1) is 22.0. The van der Waals surface area contributed by atoms with Gasteiger partial charge in [0.2, 0.25) is 0 Å². The number of rotatable bonds is 5. The van der Waals surface area contributed by atoms with Crippen molar-refractivity contribution in [2.45, 2.75) is 50.7 Å². The Morgan fingerprint density at radius 2 is 1.94 bits per heavy atom. The summed E-state index contributed by atoms with van der Waals surface area (Å²) < 4.78 is 30.3. The topological polar surface area (TPSA) is 86.2 Å². The van der Waals surface area contributed by atoms with E-state index in [1.807, 2.05) is 0 Å². The predicted octanol–water partition coefficient (Wildman–Crippen LogP) is 4.90. The molecule has 0 aliphatic carbocycles. The lowest BCUT2D eigenvalue weighted by molar-refractivity contribution is 0.140. The molecule has 2 aromatic carbocycles. The first-order valence-corrected chi connectivity index (χ1v) is 12.2. The van der Waals surface area contributed by atoms with Crippen LogP contribution in [-0.4, -0.2) is 55.8 Å². The molecule has 6 rings (SSSR count). The molecule has 9 heteroatoms. The molecule has 2 saturated heterocycles. The van der Waals surface area contributed by atoms with Crippen LogP contribution in [0.1, 0.15) is 31.2 Å². The summed E-state index contributed by atoms with van der Waals surface area (Å²) in [7, 11) is 0. The van der Waals surface area contributed by atoms with Crippen molar-refractivity contribution in [3.63, 3.8) is 0 Å². The number of hydrogen-bond donors (Lipinski definition) is 3. The van der Waals surface area contributed by atoms with Crippen molar-refractivity contribution in [2.24, 2.45) is 0 Å². The SMILES string of the molecule is O=C(O)N1CCC[C@H]1Cc1c(-c2nc3cc(F)ccc3n2C[C@@H]2CCCN2)[nH]c2cc(F)ccc12. The van der Waals surface area contributed by atoms with Crippen molar-refractivity contribution >= 4 is 28.0 Å². The van der Waals surface area contributed by atoms with Gasteiger partial charge < -0.3 is 24.9 Å². The van der Waals surface area contributed by atoms with E-state index in [0.29, 0.717) is 36.4 Å². The minimum absolute atomic E-state index is 0.165. The summed E-state index contributed by atoms with van der Waals surface area (Å²) in [6.07, 6.45) is 3.30. The number of likely N-dealkylation sites (tertiary alicyclic amines) is 1. The highest BCUT2D eigenvalue weighted by atomic mass is 19.1. The number of aromatic nitrogens is 3. The molecule has 4 aromatic rings. The highest BCUT2D eigenvalue weighted by molar-refractivity contribution is 5.91. The average molecular weight is 480 g/mol. The zero-order valence-electron chi connectivity index (χ0n) is 19.2. The molecule has 0 saturated carbocycles. The summed E-state index contributed by atoms with van der Waals surface area (Å²) in [6, 6.07) is 9.36. The lowest BCUT2D eigenvalue weighted by atomic mass is 10.00. The van der Waals surface area contributed by atoms with Crippen molar-refractivity contribution in [3.8, 4) is 11.5 Å². The Kier molecular flexibility index (Phi) is 5.44. The second kappa shape index (κ2) is 8.64. The average Bonchev–Trinajstić information content (AvgIpc) is 3.61. The Balaban J connectivity index is 1.53. The quantitative estimate of drug-likeness (QED) is 0.380. The molecule has 0 radical (unpaired) electrons. The molecule has 2 aliphatic heterocycles. The number of nitrogens with one attached hydrogen (secondary N) is 2. The third kappa shape index (κ3) is 3.93. The Labute approximate surface area is 200 Å². The number of carboxylic acid groups (broad SMARTS) is 1. The van der Waals surface area contributed by atoms with Gasteiger partial charge in [-0.2, -0.15) is 0 Å². The first-order chi connectivity index (χ1) is 17.0. The van der Waals surface area contributed by atoms with E-state index in [1.54, 1.807) is 12.1 Å². The van der Waals surface area contributed by atoms with Crippen molar-refractivity contribution in [2.75, 3.05) is 13.1 Å². The van der Waals surface area contributed by atoms with E-state index in [1.165, 1.54) is 29.2 Å². The van der Waals surface area contributed by atoms with E-state index in [2.05, 4.69) is 14.9 Å². The smallest absolute Gasteiger partial charge is 0.407 e. The molecular weight excluding hydrogens is 452 g/mol. The monoisotopic (exact) mass is 479 g/mol. The number of halogens is 2. The van der Waals surface area contributed by atoms with Gasteiger partial charge in [0.1, 0.15) is 11.6 Å². The predicted molar refractivity (Wildman–Crippen MR) is 129 cm³/mol. The van der Waals surface area contributed by atoms with Gasteiger partial charge in [0.25, 0.3) is 0 Å². The van der Waals surface area contributed by atoms with Crippen molar-refractivity contribution in [3.05, 3.63) is 53.6 Å². The molecule has 35 heavy (non-hydrogen) atoms. The molecule has 4 heterocycles. The van der Waals surface area contributed by atoms with Crippen LogP contribution in [0.15, 0.2) is 36.4 Å². The molecule has 2 fully saturated rings. The summed E-state index contributed by atoms with van der Waals surface area (Å²) in [5.41, 5.74) is 3.67. The molecule has 2 aliphatic rings. The molecule has 1 amide bonds. The van der Waals surface area contributed by atoms with Gasteiger partial charge in [0, 0.05) is 42.1 Å². The number of hydrogen-bond acceptors (Lipinski definition) is 3. The fourth-order valence-electron chi connectivity index (χ4n) is 5.78. The standard InChI is InChI=1S/C26H27F2N5O2/c27-15-5-7-19-20(13-18-4-2-10-32(18)26(34)35)24(30-21(19)11-15)25-31-22-12-16(28)6-8-23(22)33(25)14-17-3-1-9-29-17/h5-8,11-12,17-18,29-30H,1-4,9-10,13-14H2,(H,34,35)/t17-,18-/m0/s1. The van der Waals surface area contributed by atoms with E-state index >= 15 is 0 Å². The number of aromatic amines is 1. The summed E-state index contributed by atoms with van der Waals surface area (Å²) in [6.45, 7) is 2.15. The van der Waals surface area contributed by atoms with Gasteiger partial charge in [-0.1, -0.05) is 0 Å². The van der Waals surface area contributed by atoms with Crippen LogP contribution in [0.3, 0.4) is 0 Å². The van der Waals surface area contributed by atoms with Crippen LogP contribution in [0.2, 0.25) is 0 Å². The molecule has 0 unspecified atom stereocenters. The van der Waals surface area contributed by atoms with E-state index in [9.17, 15) is 18.7 Å². The van der Waals surface area contributed by atoms with Crippen molar-refractivity contribution in [1.29, 1.82) is 0 Å². The van der Waals surface area contributed by atoms with Crippen molar-refractivity contribution < 1.29 is 18.7 Å². The van der Waals surface area contributed by atoms with Crippen LogP contribution < -0.4 is 5.32 Å². The molecule has 7 nitrogen and oxygen atoms in total. The van der Waals surface area contributed by atoms with Crippen LogP contribution in [0.4, 0.5) is 13.6 Å². The minimum Gasteiger partial charge on any atom is -0.465 e. The highest BCUT2D eigenvalue weighted by Crippen LogP contribution is 2.36. The number of nitrogens with zero attached hydrogens (tertiary/aromatic N) is 3. The lowest BCUT2D eigenvalue weighted by Gasteiger charge is -2.22. The minimum atomic E-state index is -0.921. The largest absolute Gasteiger partial charge is 0.465 e. The number of carbonyl (C=O) groups is 1. The van der Waals surface area contributed by atoms with Crippen LogP contribution in [0.25, 0.3) is 33.5 Å². The maximum absolute atomic E-state index is 14.1. The molecular formula is C26H27F2N5O2. The molecule has 0 spiro atoms. The van der Waals surface area contributed by atoms with E-state index in [4.69, 9.17) is 4.98 Å². The van der Waals surface area contributed by atoms with E-state index in [0.717, 1.165) is 54.4 Å². The van der Waals surface area contributed by atoms with Gasteiger partial charge in [-0.15, -0.1) is 0 Å². The first-order valence-electron chi connectivity index (χ1n) is 12.2. The molecule has 182 valence electrons. The van der Waals surface area contributed by atoms with Gasteiger partial charge in [0.05, 0.1) is 16.7 Å². The summed E-state index contributed by atoms with van der Waals surface area (Å²) in [5, 5.41) is 14.1. The highest BCUT2D eigenvalue weighted by Gasteiger charge is 2.31. The normalized spacial score (nSPS) is 20.5. The zero-order valence-corrected chi connectivity index (χ0v) is 19.2. The van der Waals surface area contributed by atoms with Gasteiger partial charge in [0.15, 0.2) is 5.82 Å². The van der Waals surface area contributed by atoms with Crippen LogP contribution in [-0.2, 0) is 13.0 Å². The Hall–Kier alpha value is -3.46. The molecule has 0 bridgehead atoms. The number of fused-ring (bicyclic) bond motifs is 2. The molecule has 2 aromatic heterocycles. The number of benzene rings is 2.